The molecule has 6 nitrogen and oxygen atoms in total. The van der Waals surface area contributed by atoms with E-state index in [2.05, 4.69) is 10.3 Å². The second-order valence-corrected chi connectivity index (χ2v) is 8.32. The van der Waals surface area contributed by atoms with Crippen molar-refractivity contribution in [2.45, 2.75) is 11.3 Å². The lowest BCUT2D eigenvalue weighted by molar-refractivity contribution is -0.115. The zero-order valence-electron chi connectivity index (χ0n) is 13.4. The largest absolute Gasteiger partial charge is 0.497 e. The van der Waals surface area contributed by atoms with Gasteiger partial charge < -0.3 is 10.1 Å². The summed E-state index contributed by atoms with van der Waals surface area (Å²) < 4.78 is 30.6. The van der Waals surface area contributed by atoms with E-state index in [0.717, 1.165) is 10.2 Å². The average Bonchev–Trinajstić information content (AvgIpc) is 3.08. The van der Waals surface area contributed by atoms with Crippen molar-refractivity contribution in [3.05, 3.63) is 48.0 Å². The summed E-state index contributed by atoms with van der Waals surface area (Å²) in [5.74, 6) is -0.0369. The Labute approximate surface area is 149 Å². The summed E-state index contributed by atoms with van der Waals surface area (Å²) in [5, 5.41) is 2.71. The SMILES string of the molecule is COc1ccc(S(=O)(=O)CCC(=O)Nc2ccc3scnc3c2)cc1. The molecule has 0 saturated carbocycles. The molecule has 0 spiro atoms. The fourth-order valence-electron chi connectivity index (χ4n) is 2.29. The van der Waals surface area contributed by atoms with Crippen LogP contribution in [-0.4, -0.2) is 32.2 Å². The summed E-state index contributed by atoms with van der Waals surface area (Å²) in [5.41, 5.74) is 3.14. The number of nitrogens with one attached hydrogen (secondary N) is 1. The van der Waals surface area contributed by atoms with Crippen LogP contribution in [0.4, 0.5) is 5.69 Å². The highest BCUT2D eigenvalue weighted by atomic mass is 32.2. The molecular formula is C17H16N2O4S2. The molecule has 0 radical (unpaired) electrons. The van der Waals surface area contributed by atoms with E-state index in [4.69, 9.17) is 4.74 Å². The molecular weight excluding hydrogens is 360 g/mol. The average molecular weight is 376 g/mol. The van der Waals surface area contributed by atoms with Crippen molar-refractivity contribution in [2.24, 2.45) is 0 Å². The molecule has 0 bridgehead atoms. The zero-order valence-corrected chi connectivity index (χ0v) is 15.1. The molecule has 0 fully saturated rings. The van der Waals surface area contributed by atoms with Crippen molar-refractivity contribution in [3.63, 3.8) is 0 Å². The Morgan fingerprint density at radius 1 is 1.20 bits per heavy atom. The number of sulfone groups is 1. The monoisotopic (exact) mass is 376 g/mol. The van der Waals surface area contributed by atoms with Gasteiger partial charge in [0.2, 0.25) is 5.91 Å². The van der Waals surface area contributed by atoms with Crippen molar-refractivity contribution >= 4 is 43.0 Å². The summed E-state index contributed by atoms with van der Waals surface area (Å²) in [6.45, 7) is 0. The van der Waals surface area contributed by atoms with E-state index in [9.17, 15) is 13.2 Å². The van der Waals surface area contributed by atoms with Crippen LogP contribution in [0.2, 0.25) is 0 Å². The summed E-state index contributed by atoms with van der Waals surface area (Å²) in [6.07, 6.45) is -0.122. The van der Waals surface area contributed by atoms with Crippen LogP contribution in [0.5, 0.6) is 5.75 Å². The lowest BCUT2D eigenvalue weighted by Crippen LogP contribution is -2.17. The molecule has 25 heavy (non-hydrogen) atoms. The first-order valence-electron chi connectivity index (χ1n) is 7.48. The zero-order chi connectivity index (χ0) is 17.9. The Kier molecular flexibility index (Phi) is 5.00. The van der Waals surface area contributed by atoms with Crippen LogP contribution >= 0.6 is 11.3 Å². The van der Waals surface area contributed by atoms with Crippen LogP contribution < -0.4 is 10.1 Å². The van der Waals surface area contributed by atoms with Gasteiger partial charge in [-0.15, -0.1) is 11.3 Å². The number of hydrogen-bond acceptors (Lipinski definition) is 6. The van der Waals surface area contributed by atoms with E-state index < -0.39 is 9.84 Å². The second-order valence-electron chi connectivity index (χ2n) is 5.33. The van der Waals surface area contributed by atoms with E-state index in [-0.39, 0.29) is 23.0 Å². The van der Waals surface area contributed by atoms with E-state index in [0.29, 0.717) is 11.4 Å². The molecule has 0 aliphatic carbocycles. The minimum absolute atomic E-state index is 0.122. The van der Waals surface area contributed by atoms with Crippen molar-refractivity contribution in [1.82, 2.24) is 4.98 Å². The number of thiazole rings is 1. The first-order valence-corrected chi connectivity index (χ1v) is 10.0. The number of hydrogen-bond donors (Lipinski definition) is 1. The predicted octanol–water partition coefficient (Wildman–Crippen LogP) is 3.11. The molecule has 0 aliphatic heterocycles. The molecule has 2 aromatic carbocycles. The number of nitrogens with zero attached hydrogens (tertiary/aromatic N) is 1. The van der Waals surface area contributed by atoms with E-state index >= 15 is 0 Å². The first-order chi connectivity index (χ1) is 12.0. The van der Waals surface area contributed by atoms with Gasteiger partial charge in [-0.05, 0) is 42.5 Å². The van der Waals surface area contributed by atoms with Crippen molar-refractivity contribution in [2.75, 3.05) is 18.2 Å². The smallest absolute Gasteiger partial charge is 0.225 e. The van der Waals surface area contributed by atoms with Crippen LogP contribution in [-0.2, 0) is 14.6 Å². The van der Waals surface area contributed by atoms with E-state index in [1.54, 1.807) is 29.8 Å². The fraction of sp³-hybridized carbons (Fsp3) is 0.176. The van der Waals surface area contributed by atoms with Gasteiger partial charge in [0.25, 0.3) is 0 Å². The molecule has 0 atom stereocenters. The highest BCUT2D eigenvalue weighted by molar-refractivity contribution is 7.91. The molecule has 1 aromatic heterocycles. The number of carbonyl (C=O) groups excluding carboxylic acids is 1. The Morgan fingerprint density at radius 3 is 2.68 bits per heavy atom. The summed E-state index contributed by atoms with van der Waals surface area (Å²) >= 11 is 1.52. The van der Waals surface area contributed by atoms with Gasteiger partial charge in [0.15, 0.2) is 9.84 Å². The lowest BCUT2D eigenvalue weighted by atomic mass is 10.3. The molecule has 0 aliphatic rings. The molecule has 1 amide bonds. The lowest BCUT2D eigenvalue weighted by Gasteiger charge is -2.07. The first kappa shape index (κ1) is 17.4. The molecule has 3 aromatic rings. The minimum atomic E-state index is -3.53. The topological polar surface area (TPSA) is 85.4 Å². The number of methoxy groups -OCH3 is 1. The van der Waals surface area contributed by atoms with Crippen molar-refractivity contribution < 1.29 is 17.9 Å². The normalized spacial score (nSPS) is 11.4. The number of amides is 1. The van der Waals surface area contributed by atoms with Crippen LogP contribution in [0, 0.1) is 0 Å². The maximum atomic E-state index is 12.3. The van der Waals surface area contributed by atoms with Gasteiger partial charge in [0, 0.05) is 12.1 Å². The predicted molar refractivity (Wildman–Crippen MR) is 97.9 cm³/mol. The molecule has 1 heterocycles. The molecule has 8 heteroatoms. The van der Waals surface area contributed by atoms with Crippen LogP contribution in [0.1, 0.15) is 6.42 Å². The molecule has 1 N–H and O–H groups in total. The maximum Gasteiger partial charge on any atom is 0.225 e. The Balaban J connectivity index is 1.62. The molecule has 0 saturated heterocycles. The summed E-state index contributed by atoms with van der Waals surface area (Å²) in [6, 6.07) is 11.5. The van der Waals surface area contributed by atoms with E-state index in [1.807, 2.05) is 6.07 Å². The quantitative estimate of drug-likeness (QED) is 0.714. The van der Waals surface area contributed by atoms with Gasteiger partial charge >= 0.3 is 0 Å². The summed E-state index contributed by atoms with van der Waals surface area (Å²) in [4.78, 5) is 16.4. The van der Waals surface area contributed by atoms with Crippen LogP contribution in [0.25, 0.3) is 10.2 Å². The van der Waals surface area contributed by atoms with Gasteiger partial charge in [-0.3, -0.25) is 4.79 Å². The van der Waals surface area contributed by atoms with Gasteiger partial charge in [0.1, 0.15) is 5.75 Å². The van der Waals surface area contributed by atoms with Crippen LogP contribution in [0.3, 0.4) is 0 Å². The standard InChI is InChI=1S/C17H16N2O4S2/c1-23-13-3-5-14(6-4-13)25(21,22)9-8-17(20)19-12-2-7-16-15(10-12)18-11-24-16/h2-7,10-11H,8-9H2,1H3,(H,19,20). The third kappa shape index (κ3) is 4.15. The van der Waals surface area contributed by atoms with Gasteiger partial charge in [-0.25, -0.2) is 13.4 Å². The summed E-state index contributed by atoms with van der Waals surface area (Å²) in [7, 11) is -2.01. The number of rotatable bonds is 6. The Hall–Kier alpha value is -2.45. The number of fused-ring (bicyclic) bond motifs is 1. The minimum Gasteiger partial charge on any atom is -0.497 e. The third-order valence-electron chi connectivity index (χ3n) is 3.63. The number of aromatic nitrogens is 1. The number of anilines is 1. The maximum absolute atomic E-state index is 12.3. The van der Waals surface area contributed by atoms with Crippen molar-refractivity contribution in [3.8, 4) is 5.75 Å². The van der Waals surface area contributed by atoms with E-state index in [1.165, 1.54) is 30.6 Å². The Bertz CT molecular complexity index is 995. The Morgan fingerprint density at radius 2 is 1.96 bits per heavy atom. The third-order valence-corrected chi connectivity index (χ3v) is 6.17. The molecule has 130 valence electrons. The number of carbonyl (C=O) groups is 1. The highest BCUT2D eigenvalue weighted by Crippen LogP contribution is 2.22. The van der Waals surface area contributed by atoms with Gasteiger partial charge in [-0.2, -0.15) is 0 Å². The molecule has 3 rings (SSSR count). The number of ether oxygens (including phenoxy) is 1. The fourth-order valence-corrected chi connectivity index (χ4v) is 4.19. The highest BCUT2D eigenvalue weighted by Gasteiger charge is 2.17. The molecule has 0 unspecified atom stereocenters. The number of benzene rings is 2. The van der Waals surface area contributed by atoms with Gasteiger partial charge in [0.05, 0.1) is 33.5 Å². The van der Waals surface area contributed by atoms with Crippen molar-refractivity contribution in [1.29, 1.82) is 0 Å². The second kappa shape index (κ2) is 7.20. The van der Waals surface area contributed by atoms with Crippen LogP contribution in [0.15, 0.2) is 52.9 Å². The van der Waals surface area contributed by atoms with Gasteiger partial charge in [-0.1, -0.05) is 0 Å².